The third kappa shape index (κ3) is 4.06. The van der Waals surface area contributed by atoms with Gasteiger partial charge >= 0.3 is 0 Å². The Bertz CT molecular complexity index is 618. The van der Waals surface area contributed by atoms with Crippen LogP contribution in [0.15, 0.2) is 30.3 Å². The molecule has 2 rings (SSSR count). The van der Waals surface area contributed by atoms with Gasteiger partial charge in [-0.15, -0.1) is 0 Å². The summed E-state index contributed by atoms with van der Waals surface area (Å²) < 4.78 is 0. The third-order valence-electron chi connectivity index (χ3n) is 2.98. The summed E-state index contributed by atoms with van der Waals surface area (Å²) in [6, 6.07) is 9.10. The molecule has 2 N–H and O–H groups in total. The number of hydrogen-bond acceptors (Lipinski definition) is 5. The lowest BCUT2D eigenvalue weighted by Gasteiger charge is -2.16. The van der Waals surface area contributed by atoms with Crippen molar-refractivity contribution in [2.24, 2.45) is 0 Å². The van der Waals surface area contributed by atoms with Crippen LogP contribution in [-0.4, -0.2) is 35.7 Å². The van der Waals surface area contributed by atoms with Crippen molar-refractivity contribution in [1.29, 1.82) is 0 Å². The van der Waals surface area contributed by atoms with Gasteiger partial charge in [-0.1, -0.05) is 29.8 Å². The molecule has 0 aliphatic carbocycles. The van der Waals surface area contributed by atoms with E-state index in [1.807, 2.05) is 50.2 Å². The Labute approximate surface area is 129 Å². The van der Waals surface area contributed by atoms with Gasteiger partial charge in [-0.2, -0.15) is 4.98 Å². The number of halogens is 1. The molecule has 1 atom stereocenters. The van der Waals surface area contributed by atoms with Crippen molar-refractivity contribution >= 4 is 23.4 Å². The lowest BCUT2D eigenvalue weighted by Crippen LogP contribution is -2.17. The van der Waals surface area contributed by atoms with Crippen LogP contribution in [0, 0.1) is 6.92 Å². The molecule has 0 bridgehead atoms. The van der Waals surface area contributed by atoms with E-state index in [0.29, 0.717) is 28.9 Å². The van der Waals surface area contributed by atoms with E-state index < -0.39 is 6.10 Å². The number of aryl methyl sites for hydroxylation is 1. The molecule has 1 heterocycles. The quantitative estimate of drug-likeness (QED) is 0.889. The average Bonchev–Trinajstić information content (AvgIpc) is 2.44. The standard InChI is InChI=1S/C15H19ClN4O/c1-10-8-14(19-15(18-10)20(2)3)17-9-13(21)11-6-4-5-7-12(11)16/h4-8,13,21H,9H2,1-3H3,(H,17,18,19). The highest BCUT2D eigenvalue weighted by atomic mass is 35.5. The predicted octanol–water partition coefficient (Wildman–Crippen LogP) is 2.65. The van der Waals surface area contributed by atoms with Crippen LogP contribution in [0.4, 0.5) is 11.8 Å². The summed E-state index contributed by atoms with van der Waals surface area (Å²) in [5.41, 5.74) is 1.56. The summed E-state index contributed by atoms with van der Waals surface area (Å²) in [6.45, 7) is 2.23. The number of aliphatic hydroxyl groups is 1. The maximum Gasteiger partial charge on any atom is 0.226 e. The van der Waals surface area contributed by atoms with E-state index in [1.54, 1.807) is 6.07 Å². The van der Waals surface area contributed by atoms with Crippen LogP contribution in [-0.2, 0) is 0 Å². The lowest BCUT2D eigenvalue weighted by molar-refractivity contribution is 0.191. The largest absolute Gasteiger partial charge is 0.387 e. The van der Waals surface area contributed by atoms with Crippen LogP contribution in [0.1, 0.15) is 17.4 Å². The number of benzene rings is 1. The molecule has 6 heteroatoms. The molecule has 0 spiro atoms. The van der Waals surface area contributed by atoms with Gasteiger partial charge in [0, 0.05) is 43.0 Å². The van der Waals surface area contributed by atoms with Crippen molar-refractivity contribution in [3.63, 3.8) is 0 Å². The topological polar surface area (TPSA) is 61.3 Å². The van der Waals surface area contributed by atoms with E-state index >= 15 is 0 Å². The number of anilines is 2. The molecule has 0 aliphatic rings. The Morgan fingerprint density at radius 1 is 1.29 bits per heavy atom. The van der Waals surface area contributed by atoms with Gasteiger partial charge in [-0.3, -0.25) is 0 Å². The van der Waals surface area contributed by atoms with Gasteiger partial charge in [0.05, 0.1) is 6.10 Å². The number of nitrogens with zero attached hydrogens (tertiary/aromatic N) is 3. The monoisotopic (exact) mass is 306 g/mol. The van der Waals surface area contributed by atoms with Gasteiger partial charge in [0.25, 0.3) is 0 Å². The summed E-state index contributed by atoms with van der Waals surface area (Å²) in [5, 5.41) is 13.9. The first-order valence-corrected chi connectivity index (χ1v) is 7.04. The van der Waals surface area contributed by atoms with Crippen molar-refractivity contribution in [1.82, 2.24) is 9.97 Å². The minimum absolute atomic E-state index is 0.326. The van der Waals surface area contributed by atoms with E-state index in [2.05, 4.69) is 15.3 Å². The zero-order valence-corrected chi connectivity index (χ0v) is 13.1. The molecular weight excluding hydrogens is 288 g/mol. The summed E-state index contributed by atoms with van der Waals surface area (Å²) in [5.74, 6) is 1.31. The maximum absolute atomic E-state index is 10.2. The number of hydrogen-bond donors (Lipinski definition) is 2. The molecule has 5 nitrogen and oxygen atoms in total. The second kappa shape index (κ2) is 6.74. The fourth-order valence-electron chi connectivity index (χ4n) is 1.90. The smallest absolute Gasteiger partial charge is 0.226 e. The average molecular weight is 307 g/mol. The minimum atomic E-state index is -0.697. The van der Waals surface area contributed by atoms with E-state index in [-0.39, 0.29) is 0 Å². The van der Waals surface area contributed by atoms with Gasteiger partial charge < -0.3 is 15.3 Å². The van der Waals surface area contributed by atoms with Crippen molar-refractivity contribution in [3.8, 4) is 0 Å². The van der Waals surface area contributed by atoms with E-state index in [4.69, 9.17) is 11.6 Å². The van der Waals surface area contributed by atoms with Gasteiger partial charge in [0.1, 0.15) is 5.82 Å². The van der Waals surface area contributed by atoms with Crippen molar-refractivity contribution in [2.45, 2.75) is 13.0 Å². The molecule has 0 radical (unpaired) electrons. The van der Waals surface area contributed by atoms with E-state index in [0.717, 1.165) is 5.69 Å². The molecule has 1 unspecified atom stereocenters. The highest BCUT2D eigenvalue weighted by Gasteiger charge is 2.11. The fourth-order valence-corrected chi connectivity index (χ4v) is 2.16. The first-order valence-electron chi connectivity index (χ1n) is 6.66. The molecule has 0 aliphatic heterocycles. The Morgan fingerprint density at radius 3 is 2.67 bits per heavy atom. The molecular formula is C15H19ClN4O. The zero-order valence-electron chi connectivity index (χ0n) is 12.3. The van der Waals surface area contributed by atoms with E-state index in [9.17, 15) is 5.11 Å². The van der Waals surface area contributed by atoms with Crippen LogP contribution in [0.25, 0.3) is 0 Å². The summed E-state index contributed by atoms with van der Waals surface area (Å²) in [6.07, 6.45) is -0.697. The van der Waals surface area contributed by atoms with E-state index in [1.165, 1.54) is 0 Å². The highest BCUT2D eigenvalue weighted by Crippen LogP contribution is 2.23. The Hall–Kier alpha value is -1.85. The molecule has 0 saturated heterocycles. The van der Waals surface area contributed by atoms with Gasteiger partial charge in [0.2, 0.25) is 5.95 Å². The normalized spacial score (nSPS) is 12.0. The third-order valence-corrected chi connectivity index (χ3v) is 3.33. The number of nitrogens with one attached hydrogen (secondary N) is 1. The fraction of sp³-hybridized carbons (Fsp3) is 0.333. The van der Waals surface area contributed by atoms with Crippen LogP contribution in [0.5, 0.6) is 0 Å². The number of rotatable bonds is 5. The van der Waals surface area contributed by atoms with Gasteiger partial charge in [0.15, 0.2) is 0 Å². The van der Waals surface area contributed by atoms with Gasteiger partial charge in [-0.25, -0.2) is 4.98 Å². The highest BCUT2D eigenvalue weighted by molar-refractivity contribution is 6.31. The first kappa shape index (κ1) is 15.5. The Balaban J connectivity index is 2.08. The van der Waals surface area contributed by atoms with Crippen LogP contribution < -0.4 is 10.2 Å². The summed E-state index contributed by atoms with van der Waals surface area (Å²) in [4.78, 5) is 10.5. The SMILES string of the molecule is Cc1cc(NCC(O)c2ccccc2Cl)nc(N(C)C)n1. The molecule has 1 aromatic heterocycles. The second-order valence-electron chi connectivity index (χ2n) is 5.01. The number of aliphatic hydroxyl groups excluding tert-OH is 1. The van der Waals surface area contributed by atoms with Crippen LogP contribution in [0.3, 0.4) is 0 Å². The summed E-state index contributed by atoms with van der Waals surface area (Å²) in [7, 11) is 3.77. The molecule has 1 aromatic carbocycles. The Kier molecular flexibility index (Phi) is 4.98. The summed E-state index contributed by atoms with van der Waals surface area (Å²) >= 11 is 6.07. The molecule has 0 saturated carbocycles. The molecule has 21 heavy (non-hydrogen) atoms. The molecule has 0 amide bonds. The van der Waals surface area contributed by atoms with Crippen molar-refractivity contribution < 1.29 is 5.11 Å². The maximum atomic E-state index is 10.2. The molecule has 112 valence electrons. The zero-order chi connectivity index (χ0) is 15.4. The number of aromatic nitrogens is 2. The predicted molar refractivity (Wildman–Crippen MR) is 86.0 cm³/mol. The second-order valence-corrected chi connectivity index (χ2v) is 5.41. The molecule has 2 aromatic rings. The Morgan fingerprint density at radius 2 is 2.00 bits per heavy atom. The lowest BCUT2D eigenvalue weighted by atomic mass is 10.1. The van der Waals surface area contributed by atoms with Crippen LogP contribution in [0.2, 0.25) is 5.02 Å². The first-order chi connectivity index (χ1) is 9.97. The molecule has 0 fully saturated rings. The van der Waals surface area contributed by atoms with Crippen molar-refractivity contribution in [2.75, 3.05) is 30.9 Å². The minimum Gasteiger partial charge on any atom is -0.387 e. The van der Waals surface area contributed by atoms with Crippen molar-refractivity contribution in [3.05, 3.63) is 46.6 Å². The van der Waals surface area contributed by atoms with Gasteiger partial charge in [-0.05, 0) is 13.0 Å². The van der Waals surface area contributed by atoms with Crippen LogP contribution >= 0.6 is 11.6 Å².